The van der Waals surface area contributed by atoms with Crippen LogP contribution < -0.4 is 10.5 Å². The SMILES string of the molecule is Cc1nnc(SCCOc2ccc(Cl)cc2)n1CC(N)=O. The molecule has 1 heterocycles. The van der Waals surface area contributed by atoms with E-state index in [2.05, 4.69) is 10.2 Å². The molecule has 2 aromatic rings. The van der Waals surface area contributed by atoms with Gasteiger partial charge in [0.15, 0.2) is 5.16 Å². The number of hydrogen-bond donors (Lipinski definition) is 1. The number of ether oxygens (including phenoxy) is 1. The maximum atomic E-state index is 11.0. The Morgan fingerprint density at radius 1 is 1.38 bits per heavy atom. The molecule has 1 aromatic heterocycles. The molecule has 0 unspecified atom stereocenters. The normalized spacial score (nSPS) is 10.6. The van der Waals surface area contributed by atoms with Crippen molar-refractivity contribution in [1.29, 1.82) is 0 Å². The summed E-state index contributed by atoms with van der Waals surface area (Å²) in [6.45, 7) is 2.37. The smallest absolute Gasteiger partial charge is 0.237 e. The second-order valence-electron chi connectivity index (χ2n) is 4.23. The van der Waals surface area contributed by atoms with Crippen LogP contribution in [0.1, 0.15) is 5.82 Å². The van der Waals surface area contributed by atoms with Crippen molar-refractivity contribution in [3.8, 4) is 5.75 Å². The molecule has 0 bridgehead atoms. The first-order valence-corrected chi connectivity index (χ1v) is 7.62. The number of nitrogens with zero attached hydrogens (tertiary/aromatic N) is 3. The van der Waals surface area contributed by atoms with E-state index >= 15 is 0 Å². The minimum atomic E-state index is -0.419. The van der Waals surface area contributed by atoms with Crippen LogP contribution in [0.25, 0.3) is 0 Å². The molecular weight excluding hydrogens is 312 g/mol. The number of nitrogens with two attached hydrogens (primary N) is 1. The van der Waals surface area contributed by atoms with Gasteiger partial charge in [0.2, 0.25) is 5.91 Å². The van der Waals surface area contributed by atoms with Gasteiger partial charge in [-0.3, -0.25) is 9.36 Å². The van der Waals surface area contributed by atoms with E-state index in [-0.39, 0.29) is 6.54 Å². The van der Waals surface area contributed by atoms with Gasteiger partial charge >= 0.3 is 0 Å². The van der Waals surface area contributed by atoms with Crippen molar-refractivity contribution in [3.63, 3.8) is 0 Å². The van der Waals surface area contributed by atoms with Crippen molar-refractivity contribution in [2.45, 2.75) is 18.6 Å². The first-order chi connectivity index (χ1) is 10.1. The Morgan fingerprint density at radius 2 is 2.10 bits per heavy atom. The molecule has 0 aliphatic heterocycles. The minimum absolute atomic E-state index is 0.0825. The zero-order valence-corrected chi connectivity index (χ0v) is 13.0. The summed E-state index contributed by atoms with van der Waals surface area (Å²) >= 11 is 7.26. The summed E-state index contributed by atoms with van der Waals surface area (Å²) in [7, 11) is 0. The van der Waals surface area contributed by atoms with Crippen LogP contribution in [0.15, 0.2) is 29.4 Å². The Hall–Kier alpha value is -1.73. The van der Waals surface area contributed by atoms with E-state index in [1.807, 2.05) is 12.1 Å². The van der Waals surface area contributed by atoms with E-state index in [1.54, 1.807) is 23.6 Å². The van der Waals surface area contributed by atoms with Crippen molar-refractivity contribution in [3.05, 3.63) is 35.1 Å². The zero-order chi connectivity index (χ0) is 15.2. The number of aromatic nitrogens is 3. The summed E-state index contributed by atoms with van der Waals surface area (Å²) in [5.74, 6) is 1.68. The van der Waals surface area contributed by atoms with Crippen LogP contribution in [0.3, 0.4) is 0 Å². The summed E-state index contributed by atoms with van der Waals surface area (Å²) in [5.41, 5.74) is 5.20. The fourth-order valence-corrected chi connectivity index (χ4v) is 2.56. The lowest BCUT2D eigenvalue weighted by atomic mass is 10.3. The van der Waals surface area contributed by atoms with Crippen molar-refractivity contribution in [2.75, 3.05) is 12.4 Å². The number of aryl methyl sites for hydroxylation is 1. The van der Waals surface area contributed by atoms with Gasteiger partial charge in [0.25, 0.3) is 0 Å². The predicted molar refractivity (Wildman–Crippen MR) is 81.6 cm³/mol. The highest BCUT2D eigenvalue weighted by Crippen LogP contribution is 2.18. The van der Waals surface area contributed by atoms with Crippen molar-refractivity contribution in [1.82, 2.24) is 14.8 Å². The topological polar surface area (TPSA) is 83.0 Å². The number of halogens is 1. The summed E-state index contributed by atoms with van der Waals surface area (Å²) in [6, 6.07) is 7.17. The molecule has 6 nitrogen and oxygen atoms in total. The molecule has 0 aliphatic carbocycles. The average molecular weight is 327 g/mol. The number of benzene rings is 1. The third-order valence-electron chi connectivity index (χ3n) is 2.61. The Kier molecular flexibility index (Phi) is 5.46. The highest BCUT2D eigenvalue weighted by Gasteiger charge is 2.11. The Balaban J connectivity index is 1.83. The van der Waals surface area contributed by atoms with Gasteiger partial charge in [-0.15, -0.1) is 10.2 Å². The molecule has 1 amide bonds. The Morgan fingerprint density at radius 3 is 2.76 bits per heavy atom. The lowest BCUT2D eigenvalue weighted by Gasteiger charge is -2.07. The number of rotatable bonds is 7. The van der Waals surface area contributed by atoms with Crippen LogP contribution in [0.5, 0.6) is 5.75 Å². The van der Waals surface area contributed by atoms with E-state index in [4.69, 9.17) is 22.1 Å². The maximum absolute atomic E-state index is 11.0. The van der Waals surface area contributed by atoms with Gasteiger partial charge < -0.3 is 10.5 Å². The van der Waals surface area contributed by atoms with Crippen LogP contribution in [0.4, 0.5) is 0 Å². The molecular formula is C13H15ClN4O2S. The number of carbonyl (C=O) groups excluding carboxylic acids is 1. The molecule has 8 heteroatoms. The summed E-state index contributed by atoms with van der Waals surface area (Å²) in [5, 5.41) is 9.30. The first kappa shape index (κ1) is 15.7. The Bertz CT molecular complexity index is 615. The number of thioether (sulfide) groups is 1. The third kappa shape index (κ3) is 4.64. The summed E-state index contributed by atoms with van der Waals surface area (Å²) < 4.78 is 7.27. The molecule has 1 aromatic carbocycles. The lowest BCUT2D eigenvalue weighted by molar-refractivity contribution is -0.118. The molecule has 0 radical (unpaired) electrons. The summed E-state index contributed by atoms with van der Waals surface area (Å²) in [6.07, 6.45) is 0. The molecule has 0 saturated carbocycles. The quantitative estimate of drug-likeness (QED) is 0.620. The second-order valence-corrected chi connectivity index (χ2v) is 5.73. The second kappa shape index (κ2) is 7.33. The third-order valence-corrected chi connectivity index (χ3v) is 3.80. The lowest BCUT2D eigenvalue weighted by Crippen LogP contribution is -2.20. The number of amides is 1. The molecule has 112 valence electrons. The van der Waals surface area contributed by atoms with E-state index in [9.17, 15) is 4.79 Å². The first-order valence-electron chi connectivity index (χ1n) is 6.25. The van der Waals surface area contributed by atoms with Gasteiger partial charge in [-0.05, 0) is 31.2 Å². The zero-order valence-electron chi connectivity index (χ0n) is 11.5. The van der Waals surface area contributed by atoms with Gasteiger partial charge in [-0.1, -0.05) is 23.4 Å². The summed E-state index contributed by atoms with van der Waals surface area (Å²) in [4.78, 5) is 11.0. The number of primary amides is 1. The maximum Gasteiger partial charge on any atom is 0.237 e. The van der Waals surface area contributed by atoms with E-state index in [1.165, 1.54) is 11.8 Å². The minimum Gasteiger partial charge on any atom is -0.493 e. The molecule has 2 rings (SSSR count). The van der Waals surface area contributed by atoms with Crippen molar-refractivity contribution < 1.29 is 9.53 Å². The average Bonchev–Trinajstić information content (AvgIpc) is 2.78. The molecule has 0 saturated heterocycles. The molecule has 0 fully saturated rings. The monoisotopic (exact) mass is 326 g/mol. The van der Waals surface area contributed by atoms with Crippen LogP contribution in [-0.2, 0) is 11.3 Å². The van der Waals surface area contributed by atoms with Gasteiger partial charge in [-0.25, -0.2) is 0 Å². The van der Waals surface area contributed by atoms with Crippen molar-refractivity contribution >= 4 is 29.3 Å². The fraction of sp³-hybridized carbons (Fsp3) is 0.308. The van der Waals surface area contributed by atoms with Crippen LogP contribution in [0.2, 0.25) is 5.02 Å². The van der Waals surface area contributed by atoms with Gasteiger partial charge in [0.1, 0.15) is 18.1 Å². The standard InChI is InChI=1S/C13H15ClN4O2S/c1-9-16-17-13(18(9)8-12(15)19)21-7-6-20-11-4-2-10(14)3-5-11/h2-5H,6-8H2,1H3,(H2,15,19). The number of carbonyl (C=O) groups is 1. The molecule has 0 atom stereocenters. The van der Waals surface area contributed by atoms with Crippen molar-refractivity contribution in [2.24, 2.45) is 5.73 Å². The van der Waals surface area contributed by atoms with Crippen LogP contribution in [0, 0.1) is 6.92 Å². The van der Waals surface area contributed by atoms with E-state index in [0.29, 0.717) is 28.4 Å². The highest BCUT2D eigenvalue weighted by molar-refractivity contribution is 7.99. The number of hydrogen-bond acceptors (Lipinski definition) is 5. The molecule has 0 aliphatic rings. The van der Waals surface area contributed by atoms with Gasteiger partial charge in [-0.2, -0.15) is 0 Å². The van der Waals surface area contributed by atoms with Gasteiger partial charge in [0.05, 0.1) is 6.61 Å². The van der Waals surface area contributed by atoms with Crippen LogP contribution >= 0.6 is 23.4 Å². The van der Waals surface area contributed by atoms with E-state index < -0.39 is 5.91 Å². The fourth-order valence-electron chi connectivity index (χ4n) is 1.63. The van der Waals surface area contributed by atoms with E-state index in [0.717, 1.165) is 5.75 Å². The predicted octanol–water partition coefficient (Wildman–Crippen LogP) is 1.90. The van der Waals surface area contributed by atoms with Gasteiger partial charge in [0, 0.05) is 10.8 Å². The molecule has 2 N–H and O–H groups in total. The molecule has 21 heavy (non-hydrogen) atoms. The largest absolute Gasteiger partial charge is 0.493 e. The Labute approximate surface area is 131 Å². The molecule has 0 spiro atoms. The van der Waals surface area contributed by atoms with Crippen LogP contribution in [-0.4, -0.2) is 33.0 Å². The highest BCUT2D eigenvalue weighted by atomic mass is 35.5.